The molecule has 0 bridgehead atoms. The van der Waals surface area contributed by atoms with Gasteiger partial charge in [-0.1, -0.05) is 57.3 Å². The second kappa shape index (κ2) is 8.04. The SMILES string of the molecule is O[N+](S)(NCCc1ccccc1C(F)(F)F)c1c(Cl)cc(Br)cc1Cl. The van der Waals surface area contributed by atoms with Gasteiger partial charge in [0.05, 0.1) is 12.1 Å². The van der Waals surface area contributed by atoms with Crippen LogP contribution in [0, 0.1) is 0 Å². The van der Waals surface area contributed by atoms with E-state index in [0.717, 1.165) is 6.07 Å². The number of alkyl halides is 3. The normalized spacial score (nSPS) is 14.4. The van der Waals surface area contributed by atoms with Crippen LogP contribution in [0.25, 0.3) is 0 Å². The zero-order valence-electron chi connectivity index (χ0n) is 12.5. The summed E-state index contributed by atoms with van der Waals surface area (Å²) in [5, 5.41) is 10.7. The summed E-state index contributed by atoms with van der Waals surface area (Å²) in [5.41, 5.74) is 2.06. The second-order valence-electron chi connectivity index (χ2n) is 5.13. The van der Waals surface area contributed by atoms with Crippen LogP contribution in [0.1, 0.15) is 11.1 Å². The minimum absolute atomic E-state index is 0.00415. The average molecular weight is 477 g/mol. The lowest BCUT2D eigenvalue weighted by atomic mass is 10.0. The topological polar surface area (TPSA) is 32.3 Å². The lowest BCUT2D eigenvalue weighted by Gasteiger charge is -2.24. The van der Waals surface area contributed by atoms with Crippen LogP contribution in [0.5, 0.6) is 0 Å². The van der Waals surface area contributed by atoms with Crippen molar-refractivity contribution < 1.29 is 18.4 Å². The number of hydrogen-bond donors (Lipinski definition) is 3. The van der Waals surface area contributed by atoms with Crippen molar-refractivity contribution in [3.05, 3.63) is 62.0 Å². The first-order valence-corrected chi connectivity index (χ1v) is 8.87. The molecule has 0 fully saturated rings. The number of benzene rings is 2. The highest BCUT2D eigenvalue weighted by Crippen LogP contribution is 2.39. The van der Waals surface area contributed by atoms with Gasteiger partial charge in [0.2, 0.25) is 5.69 Å². The minimum atomic E-state index is -4.44. The molecule has 0 aliphatic heterocycles. The van der Waals surface area contributed by atoms with Gasteiger partial charge in [-0.3, -0.25) is 0 Å². The zero-order valence-corrected chi connectivity index (χ0v) is 16.5. The Morgan fingerprint density at radius 3 is 2.28 bits per heavy atom. The number of rotatable bonds is 5. The third kappa shape index (κ3) is 5.26. The molecule has 0 amide bonds. The van der Waals surface area contributed by atoms with Crippen molar-refractivity contribution in [1.29, 1.82) is 0 Å². The summed E-state index contributed by atoms with van der Waals surface area (Å²) in [6, 6.07) is 8.28. The molecule has 25 heavy (non-hydrogen) atoms. The Labute approximate surface area is 166 Å². The van der Waals surface area contributed by atoms with Crippen LogP contribution >= 0.6 is 51.9 Å². The predicted molar refractivity (Wildman–Crippen MR) is 99.9 cm³/mol. The van der Waals surface area contributed by atoms with Gasteiger partial charge in [-0.15, -0.1) is 5.43 Å². The van der Waals surface area contributed by atoms with E-state index < -0.39 is 15.9 Å². The molecule has 2 aromatic rings. The predicted octanol–water partition coefficient (Wildman–Crippen LogP) is 6.06. The van der Waals surface area contributed by atoms with E-state index in [0.29, 0.717) is 4.47 Å². The number of nitrogens with zero attached hydrogens (tertiary/aromatic N) is 1. The summed E-state index contributed by atoms with van der Waals surface area (Å²) in [7, 11) is 0. The standard InChI is InChI=1S/C15H13BrCl2F3N2OS/c16-10-7-12(17)14(13(18)8-10)23(24,25)22-6-5-9-3-1-2-4-11(9)15(19,20)21/h1-4,7-8,22,24-25H,5-6H2/q+1. The summed E-state index contributed by atoms with van der Waals surface area (Å²) in [6.07, 6.45) is -4.43. The highest BCUT2D eigenvalue weighted by Gasteiger charge is 2.34. The van der Waals surface area contributed by atoms with E-state index in [4.69, 9.17) is 23.2 Å². The van der Waals surface area contributed by atoms with Crippen molar-refractivity contribution >= 4 is 57.6 Å². The van der Waals surface area contributed by atoms with Crippen molar-refractivity contribution in [1.82, 2.24) is 9.59 Å². The number of thiol groups is 1. The van der Waals surface area contributed by atoms with E-state index in [1.165, 1.54) is 30.3 Å². The van der Waals surface area contributed by atoms with Gasteiger partial charge in [0, 0.05) is 4.47 Å². The zero-order chi connectivity index (χ0) is 18.8. The van der Waals surface area contributed by atoms with E-state index in [2.05, 4.69) is 34.2 Å². The molecule has 0 aliphatic carbocycles. The third-order valence-electron chi connectivity index (χ3n) is 3.34. The molecule has 136 valence electrons. The van der Waals surface area contributed by atoms with Gasteiger partial charge < -0.3 is 0 Å². The molecule has 10 heteroatoms. The van der Waals surface area contributed by atoms with Crippen LogP contribution in [0.3, 0.4) is 0 Å². The monoisotopic (exact) mass is 475 g/mol. The van der Waals surface area contributed by atoms with Crippen molar-refractivity contribution in [2.45, 2.75) is 12.6 Å². The molecule has 0 heterocycles. The maximum absolute atomic E-state index is 13.0. The van der Waals surface area contributed by atoms with E-state index >= 15 is 0 Å². The first kappa shape index (κ1) is 20.8. The summed E-state index contributed by atoms with van der Waals surface area (Å²) >= 11 is 19.4. The van der Waals surface area contributed by atoms with Crippen LogP contribution in [0.2, 0.25) is 10.0 Å². The first-order valence-electron chi connectivity index (χ1n) is 6.92. The van der Waals surface area contributed by atoms with Gasteiger partial charge in [-0.05, 0) is 34.3 Å². The Bertz CT molecular complexity index is 752. The maximum Gasteiger partial charge on any atom is 0.416 e. The second-order valence-corrected chi connectivity index (χ2v) is 7.44. The third-order valence-corrected chi connectivity index (χ3v) is 4.72. The van der Waals surface area contributed by atoms with E-state index in [9.17, 15) is 18.4 Å². The van der Waals surface area contributed by atoms with Gasteiger partial charge in [0.1, 0.15) is 22.9 Å². The number of halogens is 6. The molecule has 0 aromatic heterocycles. The highest BCUT2D eigenvalue weighted by atomic mass is 79.9. The minimum Gasteiger partial charge on any atom is -0.178 e. The van der Waals surface area contributed by atoms with Gasteiger partial charge in [0.15, 0.2) is 0 Å². The molecule has 1 atom stereocenters. The smallest absolute Gasteiger partial charge is 0.178 e. The largest absolute Gasteiger partial charge is 0.416 e. The maximum atomic E-state index is 13.0. The van der Waals surface area contributed by atoms with Crippen LogP contribution in [-0.4, -0.2) is 11.8 Å². The molecule has 1 unspecified atom stereocenters. The Kier molecular flexibility index (Phi) is 6.70. The molecule has 3 nitrogen and oxygen atoms in total. The summed E-state index contributed by atoms with van der Waals surface area (Å²) in [5.74, 6) is 0. The molecule has 0 radical (unpaired) electrons. The Hall–Kier alpha value is -0.480. The lowest BCUT2D eigenvalue weighted by Crippen LogP contribution is -2.50. The molecular weight excluding hydrogens is 464 g/mol. The fraction of sp³-hybridized carbons (Fsp3) is 0.200. The van der Waals surface area contributed by atoms with Gasteiger partial charge in [-0.25, -0.2) is 0 Å². The first-order chi connectivity index (χ1) is 11.5. The van der Waals surface area contributed by atoms with Gasteiger partial charge >= 0.3 is 6.18 Å². The Balaban J connectivity index is 2.15. The summed E-state index contributed by atoms with van der Waals surface area (Å²) in [6.45, 7) is -0.00415. The van der Waals surface area contributed by atoms with Gasteiger partial charge in [-0.2, -0.15) is 18.4 Å². The lowest BCUT2D eigenvalue weighted by molar-refractivity contribution is -0.138. The van der Waals surface area contributed by atoms with Crippen LogP contribution in [0.15, 0.2) is 40.9 Å². The van der Waals surface area contributed by atoms with Crippen LogP contribution < -0.4 is 9.59 Å². The van der Waals surface area contributed by atoms with Crippen molar-refractivity contribution in [2.24, 2.45) is 0 Å². The number of hydrogen-bond acceptors (Lipinski definition) is 3. The summed E-state index contributed by atoms with van der Waals surface area (Å²) < 4.78 is 38.4. The number of quaternary nitrogens is 1. The van der Waals surface area contributed by atoms with E-state index in [-0.39, 0.29) is 34.3 Å². The van der Waals surface area contributed by atoms with E-state index in [1.54, 1.807) is 0 Å². The highest BCUT2D eigenvalue weighted by molar-refractivity contribution is 9.10. The number of nitrogens with one attached hydrogen (secondary N) is 1. The van der Waals surface area contributed by atoms with Crippen molar-refractivity contribution in [3.8, 4) is 0 Å². The fourth-order valence-electron chi connectivity index (χ4n) is 2.27. The molecule has 0 saturated heterocycles. The quantitative estimate of drug-likeness (QED) is 0.278. The molecule has 0 aliphatic rings. The summed E-state index contributed by atoms with van der Waals surface area (Å²) in [4.78, 5) is 0. The van der Waals surface area contributed by atoms with Crippen molar-refractivity contribution in [2.75, 3.05) is 6.54 Å². The Morgan fingerprint density at radius 1 is 1.16 bits per heavy atom. The molecule has 0 spiro atoms. The van der Waals surface area contributed by atoms with Crippen LogP contribution in [-0.2, 0) is 12.6 Å². The molecule has 2 N–H and O–H groups in total. The molecular formula is C15H13BrCl2F3N2OS+. The van der Waals surface area contributed by atoms with Gasteiger partial charge in [0.25, 0.3) is 0 Å². The Morgan fingerprint density at radius 2 is 1.72 bits per heavy atom. The van der Waals surface area contributed by atoms with Crippen LogP contribution in [0.4, 0.5) is 18.9 Å². The van der Waals surface area contributed by atoms with E-state index in [1.807, 2.05) is 0 Å². The van der Waals surface area contributed by atoms with Crippen molar-refractivity contribution in [3.63, 3.8) is 0 Å². The molecule has 2 aromatic carbocycles. The molecule has 0 saturated carbocycles. The molecule has 2 rings (SSSR count). The average Bonchev–Trinajstić information content (AvgIpc) is 2.44. The fourth-order valence-corrected chi connectivity index (χ4v) is 4.16.